The van der Waals surface area contributed by atoms with Crippen LogP contribution in [-0.4, -0.2) is 18.0 Å². The van der Waals surface area contributed by atoms with Gasteiger partial charge in [-0.25, -0.2) is 5.84 Å². The second-order valence-electron chi connectivity index (χ2n) is 3.95. The predicted octanol–water partition coefficient (Wildman–Crippen LogP) is 1.20. The molecule has 1 heterocycles. The monoisotopic (exact) mass is 196 g/mol. The van der Waals surface area contributed by atoms with Crippen LogP contribution >= 0.6 is 0 Å². The van der Waals surface area contributed by atoms with E-state index in [4.69, 9.17) is 10.3 Å². The quantitative estimate of drug-likeness (QED) is 0.439. The van der Waals surface area contributed by atoms with E-state index in [0.29, 0.717) is 5.76 Å². The number of hydrogen-bond acceptors (Lipinski definition) is 3. The second-order valence-corrected chi connectivity index (χ2v) is 3.95. The molecule has 1 amide bonds. The zero-order valence-corrected chi connectivity index (χ0v) is 9.00. The smallest absolute Gasteiger partial charge is 0.249 e. The van der Waals surface area contributed by atoms with Crippen molar-refractivity contribution in [1.82, 2.24) is 5.01 Å². The summed E-state index contributed by atoms with van der Waals surface area (Å²) >= 11 is 0. The Hall–Kier alpha value is -1.29. The van der Waals surface area contributed by atoms with Crippen LogP contribution in [0, 0.1) is 6.92 Å². The number of likely N-dealkylation sites (N-methyl/N-ethyl adjacent to an activating group) is 1. The third-order valence-corrected chi connectivity index (χ3v) is 2.21. The van der Waals surface area contributed by atoms with Crippen molar-refractivity contribution in [3.63, 3.8) is 0 Å². The normalized spacial score (nSPS) is 11.5. The van der Waals surface area contributed by atoms with Crippen LogP contribution in [0.1, 0.15) is 25.4 Å². The fraction of sp³-hybridized carbons (Fsp3) is 0.500. The molecule has 14 heavy (non-hydrogen) atoms. The van der Waals surface area contributed by atoms with Gasteiger partial charge < -0.3 is 4.42 Å². The summed E-state index contributed by atoms with van der Waals surface area (Å²) in [6, 6.07) is 3.64. The third kappa shape index (κ3) is 1.80. The molecule has 0 saturated carbocycles. The van der Waals surface area contributed by atoms with Crippen LogP contribution in [0.5, 0.6) is 0 Å². The van der Waals surface area contributed by atoms with E-state index >= 15 is 0 Å². The molecule has 4 nitrogen and oxygen atoms in total. The van der Waals surface area contributed by atoms with Crippen molar-refractivity contribution in [2.24, 2.45) is 5.84 Å². The zero-order chi connectivity index (χ0) is 10.9. The first kappa shape index (κ1) is 10.8. The summed E-state index contributed by atoms with van der Waals surface area (Å²) in [4.78, 5) is 11.7. The lowest BCUT2D eigenvalue weighted by Gasteiger charge is -2.24. The first-order valence-electron chi connectivity index (χ1n) is 4.45. The number of carbonyl (C=O) groups excluding carboxylic acids is 1. The van der Waals surface area contributed by atoms with E-state index in [1.807, 2.05) is 13.0 Å². The van der Waals surface area contributed by atoms with E-state index in [2.05, 4.69) is 0 Å². The maximum Gasteiger partial charge on any atom is 0.249 e. The van der Waals surface area contributed by atoms with Crippen LogP contribution < -0.4 is 5.84 Å². The predicted molar refractivity (Wildman–Crippen MR) is 53.4 cm³/mol. The van der Waals surface area contributed by atoms with Gasteiger partial charge in [-0.15, -0.1) is 0 Å². The maximum absolute atomic E-state index is 11.7. The molecule has 0 atom stereocenters. The minimum atomic E-state index is -0.711. The number of nitrogens with zero attached hydrogens (tertiary/aromatic N) is 1. The van der Waals surface area contributed by atoms with Crippen LogP contribution in [0.3, 0.4) is 0 Å². The Morgan fingerprint density at radius 2 is 2.07 bits per heavy atom. The zero-order valence-electron chi connectivity index (χ0n) is 9.00. The summed E-state index contributed by atoms with van der Waals surface area (Å²) in [6.07, 6.45) is 0. The summed E-state index contributed by atoms with van der Waals surface area (Å²) in [6.45, 7) is 5.42. The SMILES string of the molecule is Cc1ccc(C(C)(C)C(=O)N(C)N)o1. The number of amides is 1. The van der Waals surface area contributed by atoms with Gasteiger partial charge in [0, 0.05) is 7.05 Å². The lowest BCUT2D eigenvalue weighted by Crippen LogP contribution is -2.44. The number of hydrogen-bond donors (Lipinski definition) is 1. The van der Waals surface area contributed by atoms with Gasteiger partial charge in [-0.1, -0.05) is 0 Å². The van der Waals surface area contributed by atoms with Crippen LogP contribution in [0.15, 0.2) is 16.5 Å². The highest BCUT2D eigenvalue weighted by atomic mass is 16.3. The summed E-state index contributed by atoms with van der Waals surface area (Å²) in [5.74, 6) is 6.66. The van der Waals surface area contributed by atoms with Gasteiger partial charge in [0.2, 0.25) is 5.91 Å². The highest BCUT2D eigenvalue weighted by Crippen LogP contribution is 2.26. The Labute approximate surface area is 83.6 Å². The average Bonchev–Trinajstić information content (AvgIpc) is 2.50. The minimum Gasteiger partial charge on any atom is -0.465 e. The first-order chi connectivity index (χ1) is 6.35. The number of furan rings is 1. The molecule has 0 aromatic carbocycles. The molecule has 1 aromatic heterocycles. The molecule has 0 aliphatic carbocycles. The molecule has 0 aliphatic heterocycles. The molecule has 1 rings (SSSR count). The molecule has 0 fully saturated rings. The summed E-state index contributed by atoms with van der Waals surface area (Å²) in [5.41, 5.74) is -0.711. The van der Waals surface area contributed by atoms with E-state index in [-0.39, 0.29) is 5.91 Å². The maximum atomic E-state index is 11.7. The van der Waals surface area contributed by atoms with Crippen molar-refractivity contribution in [2.45, 2.75) is 26.2 Å². The first-order valence-corrected chi connectivity index (χ1v) is 4.45. The average molecular weight is 196 g/mol. The Morgan fingerprint density at radius 1 is 1.50 bits per heavy atom. The van der Waals surface area contributed by atoms with E-state index in [9.17, 15) is 4.79 Å². The van der Waals surface area contributed by atoms with Crippen molar-refractivity contribution in [2.75, 3.05) is 7.05 Å². The fourth-order valence-corrected chi connectivity index (χ4v) is 1.32. The van der Waals surface area contributed by atoms with Gasteiger partial charge in [-0.05, 0) is 32.9 Å². The van der Waals surface area contributed by atoms with Gasteiger partial charge in [0.05, 0.1) is 0 Å². The molecule has 0 aliphatic rings. The van der Waals surface area contributed by atoms with Gasteiger partial charge >= 0.3 is 0 Å². The molecule has 0 unspecified atom stereocenters. The molecule has 2 N–H and O–H groups in total. The van der Waals surface area contributed by atoms with Crippen molar-refractivity contribution < 1.29 is 9.21 Å². The van der Waals surface area contributed by atoms with Crippen LogP contribution in [0.2, 0.25) is 0 Å². The van der Waals surface area contributed by atoms with Gasteiger partial charge in [0.1, 0.15) is 16.9 Å². The topological polar surface area (TPSA) is 59.5 Å². The van der Waals surface area contributed by atoms with E-state index in [0.717, 1.165) is 10.8 Å². The molecule has 4 heteroatoms. The molecule has 0 bridgehead atoms. The van der Waals surface area contributed by atoms with Gasteiger partial charge in [0.15, 0.2) is 0 Å². The van der Waals surface area contributed by atoms with Crippen LogP contribution in [0.25, 0.3) is 0 Å². The van der Waals surface area contributed by atoms with Crippen LogP contribution in [0.4, 0.5) is 0 Å². The van der Waals surface area contributed by atoms with Crippen molar-refractivity contribution in [3.8, 4) is 0 Å². The Balaban J connectivity index is 3.01. The van der Waals surface area contributed by atoms with E-state index < -0.39 is 5.41 Å². The Bertz CT molecular complexity index is 340. The summed E-state index contributed by atoms with van der Waals surface area (Å²) in [7, 11) is 1.53. The molecule has 0 saturated heterocycles. The summed E-state index contributed by atoms with van der Waals surface area (Å²) in [5, 5.41) is 1.08. The van der Waals surface area contributed by atoms with E-state index in [1.54, 1.807) is 19.9 Å². The minimum absolute atomic E-state index is 0.174. The molecule has 0 spiro atoms. The number of hydrazine groups is 1. The second kappa shape index (κ2) is 3.46. The van der Waals surface area contributed by atoms with Gasteiger partial charge in [0.25, 0.3) is 0 Å². The summed E-state index contributed by atoms with van der Waals surface area (Å²) < 4.78 is 5.42. The highest BCUT2D eigenvalue weighted by Gasteiger charge is 2.34. The van der Waals surface area contributed by atoms with Crippen LogP contribution in [-0.2, 0) is 10.2 Å². The molecular formula is C10H16N2O2. The number of carbonyl (C=O) groups is 1. The fourth-order valence-electron chi connectivity index (χ4n) is 1.32. The van der Waals surface area contributed by atoms with Crippen molar-refractivity contribution in [3.05, 3.63) is 23.7 Å². The molecule has 78 valence electrons. The van der Waals surface area contributed by atoms with Crippen molar-refractivity contribution >= 4 is 5.91 Å². The number of rotatable bonds is 2. The molecule has 1 aromatic rings. The lowest BCUT2D eigenvalue weighted by atomic mass is 9.89. The van der Waals surface area contributed by atoms with Crippen molar-refractivity contribution in [1.29, 1.82) is 0 Å². The van der Waals surface area contributed by atoms with E-state index in [1.165, 1.54) is 7.05 Å². The Kier molecular flexibility index (Phi) is 2.66. The third-order valence-electron chi connectivity index (χ3n) is 2.21. The van der Waals surface area contributed by atoms with Gasteiger partial charge in [-0.2, -0.15) is 0 Å². The molecular weight excluding hydrogens is 180 g/mol. The molecule has 0 radical (unpaired) electrons. The lowest BCUT2D eigenvalue weighted by molar-refractivity contribution is -0.135. The Morgan fingerprint density at radius 3 is 2.43 bits per heavy atom. The largest absolute Gasteiger partial charge is 0.465 e. The standard InChI is InChI=1S/C10H16N2O2/c1-7-5-6-8(14-7)10(2,3)9(13)12(4)11/h5-6H,11H2,1-4H3. The number of nitrogens with two attached hydrogens (primary N) is 1. The number of aryl methyl sites for hydroxylation is 1. The highest BCUT2D eigenvalue weighted by molar-refractivity contribution is 5.85. The van der Waals surface area contributed by atoms with Gasteiger partial charge in [-0.3, -0.25) is 9.80 Å².